The van der Waals surface area contributed by atoms with Crippen LogP contribution in [0, 0.1) is 17.3 Å². The van der Waals surface area contributed by atoms with Crippen molar-refractivity contribution in [1.82, 2.24) is 25.8 Å². The maximum absolute atomic E-state index is 14.0. The Bertz CT molecular complexity index is 1080. The molecule has 1 unspecified atom stereocenters. The first kappa shape index (κ1) is 36.3. The summed E-state index contributed by atoms with van der Waals surface area (Å²) in [5.41, 5.74) is 4.62. The summed E-state index contributed by atoms with van der Waals surface area (Å²) in [5.74, 6) is -1.95. The number of amides is 6. The fraction of sp³-hybridized carbons (Fsp3) is 0.818. The highest BCUT2D eigenvalue weighted by Gasteiger charge is 2.43. The zero-order chi connectivity index (χ0) is 33.3. The van der Waals surface area contributed by atoms with Gasteiger partial charge in [-0.3, -0.25) is 24.0 Å². The molecule has 0 aromatic rings. The highest BCUT2D eigenvalue weighted by Crippen LogP contribution is 2.31. The lowest BCUT2D eigenvalue weighted by molar-refractivity contribution is -0.143. The number of hydrogen-bond acceptors (Lipinski definition) is 6. The average molecular weight is 633 g/mol. The van der Waals surface area contributed by atoms with E-state index in [1.807, 2.05) is 34.6 Å². The molecule has 254 valence electrons. The van der Waals surface area contributed by atoms with Gasteiger partial charge in [-0.15, -0.1) is 0 Å². The molecule has 5 N–H and O–H groups in total. The van der Waals surface area contributed by atoms with Gasteiger partial charge in [-0.05, 0) is 49.4 Å². The Hall–Kier alpha value is -3.18. The van der Waals surface area contributed by atoms with E-state index in [4.69, 9.17) is 5.73 Å². The normalized spacial score (nSPS) is 21.1. The number of likely N-dealkylation sites (tertiary alicyclic amines) is 2. The number of urea groups is 1. The number of carbonyl (C=O) groups is 6. The lowest BCUT2D eigenvalue weighted by Gasteiger charge is -2.37. The smallest absolute Gasteiger partial charge is 0.315 e. The van der Waals surface area contributed by atoms with Crippen LogP contribution in [-0.2, 0) is 24.0 Å². The quantitative estimate of drug-likeness (QED) is 0.160. The van der Waals surface area contributed by atoms with Crippen LogP contribution in [-0.4, -0.2) is 89.0 Å². The number of carbonyl (C=O) groups excluding carboxylic acids is 6. The molecule has 3 rings (SSSR count). The second-order valence-electron chi connectivity index (χ2n) is 14.6. The highest BCUT2D eigenvalue weighted by atomic mass is 16.2. The fourth-order valence-corrected chi connectivity index (χ4v) is 6.45. The van der Waals surface area contributed by atoms with E-state index in [2.05, 4.69) is 16.0 Å². The standard InChI is InChI=1S/C33H56N6O6/c1-21(2)24(20-38-18-9-8-17-26(38)40)36-32(45)37-28(33(3,4)5)31(44)39-19-11-16-25(39)30(43)35-23(27(41)29(34)42)15-7-6-12-22-13-10-14-22/h21-25,28H,6-20H2,1-5H3,(H2,34,42)(H,35,43)(H2,36,37,45)/t23?,24-,25+,28-/m1/s1. The first-order chi connectivity index (χ1) is 21.2. The first-order valence-corrected chi connectivity index (χ1v) is 17.0. The third kappa shape index (κ3) is 10.4. The average Bonchev–Trinajstić information content (AvgIpc) is 3.44. The molecule has 6 amide bonds. The Labute approximate surface area is 268 Å². The molecule has 3 aliphatic rings. The summed E-state index contributed by atoms with van der Waals surface area (Å²) in [6, 6.07) is -3.62. The second kappa shape index (κ2) is 16.4. The van der Waals surface area contributed by atoms with Gasteiger partial charge in [0.15, 0.2) is 0 Å². The Morgan fingerprint density at radius 1 is 0.911 bits per heavy atom. The summed E-state index contributed by atoms with van der Waals surface area (Å²) in [5, 5.41) is 8.57. The van der Waals surface area contributed by atoms with Crippen molar-refractivity contribution in [2.24, 2.45) is 23.0 Å². The van der Waals surface area contributed by atoms with E-state index in [-0.39, 0.29) is 23.8 Å². The van der Waals surface area contributed by atoms with Crippen LogP contribution < -0.4 is 21.7 Å². The number of piperidine rings is 1. The predicted octanol–water partition coefficient (Wildman–Crippen LogP) is 2.63. The van der Waals surface area contributed by atoms with Crippen LogP contribution >= 0.6 is 0 Å². The summed E-state index contributed by atoms with van der Waals surface area (Å²) in [7, 11) is 0. The van der Waals surface area contributed by atoms with Crippen LogP contribution in [0.1, 0.15) is 112 Å². The van der Waals surface area contributed by atoms with E-state index in [1.54, 1.807) is 4.90 Å². The highest BCUT2D eigenvalue weighted by molar-refractivity contribution is 6.37. The van der Waals surface area contributed by atoms with E-state index in [9.17, 15) is 28.8 Å². The maximum atomic E-state index is 14.0. The third-order valence-corrected chi connectivity index (χ3v) is 9.64. The first-order valence-electron chi connectivity index (χ1n) is 17.0. The molecule has 2 heterocycles. The number of ketones is 1. The number of Topliss-reactive ketones (excluding diaryl/α,β-unsaturated/α-hetero) is 1. The van der Waals surface area contributed by atoms with Crippen LogP contribution in [0.5, 0.6) is 0 Å². The molecule has 45 heavy (non-hydrogen) atoms. The Kier molecular flexibility index (Phi) is 13.2. The van der Waals surface area contributed by atoms with Crippen LogP contribution in [0.25, 0.3) is 0 Å². The van der Waals surface area contributed by atoms with Gasteiger partial charge in [0, 0.05) is 26.1 Å². The molecule has 0 aromatic carbocycles. The number of nitrogens with zero attached hydrogens (tertiary/aromatic N) is 2. The molecule has 2 aliphatic heterocycles. The minimum atomic E-state index is -1.09. The van der Waals surface area contributed by atoms with Gasteiger partial charge in [-0.1, -0.05) is 73.1 Å². The fourth-order valence-electron chi connectivity index (χ4n) is 6.45. The summed E-state index contributed by atoms with van der Waals surface area (Å²) in [4.78, 5) is 80.7. The van der Waals surface area contributed by atoms with Crippen molar-refractivity contribution in [2.45, 2.75) is 136 Å². The van der Waals surface area contributed by atoms with Crippen molar-refractivity contribution in [3.63, 3.8) is 0 Å². The maximum Gasteiger partial charge on any atom is 0.315 e. The largest absolute Gasteiger partial charge is 0.363 e. The molecule has 12 heteroatoms. The van der Waals surface area contributed by atoms with E-state index in [0.717, 1.165) is 31.6 Å². The van der Waals surface area contributed by atoms with E-state index in [1.165, 1.54) is 24.2 Å². The van der Waals surface area contributed by atoms with Crippen LogP contribution in [0.4, 0.5) is 4.79 Å². The minimum absolute atomic E-state index is 0.0511. The van der Waals surface area contributed by atoms with E-state index >= 15 is 0 Å². The van der Waals surface area contributed by atoms with Crippen molar-refractivity contribution < 1.29 is 28.8 Å². The van der Waals surface area contributed by atoms with Crippen LogP contribution in [0.3, 0.4) is 0 Å². The zero-order valence-corrected chi connectivity index (χ0v) is 28.0. The predicted molar refractivity (Wildman–Crippen MR) is 171 cm³/mol. The number of unbranched alkanes of at least 4 members (excludes halogenated alkanes) is 1. The lowest BCUT2D eigenvalue weighted by atomic mass is 9.81. The van der Waals surface area contributed by atoms with Crippen molar-refractivity contribution in [2.75, 3.05) is 19.6 Å². The monoisotopic (exact) mass is 632 g/mol. The molecule has 2 saturated heterocycles. The van der Waals surface area contributed by atoms with Gasteiger partial charge in [0.1, 0.15) is 12.1 Å². The summed E-state index contributed by atoms with van der Waals surface area (Å²) in [6.07, 6.45) is 10.0. The number of nitrogens with one attached hydrogen (secondary N) is 3. The number of primary amides is 1. The molecule has 1 saturated carbocycles. The summed E-state index contributed by atoms with van der Waals surface area (Å²) >= 11 is 0. The summed E-state index contributed by atoms with van der Waals surface area (Å²) < 4.78 is 0. The molecule has 3 fully saturated rings. The van der Waals surface area contributed by atoms with Crippen molar-refractivity contribution in [1.29, 1.82) is 0 Å². The van der Waals surface area contributed by atoms with Gasteiger partial charge in [-0.2, -0.15) is 0 Å². The summed E-state index contributed by atoms with van der Waals surface area (Å²) in [6.45, 7) is 10.9. The lowest BCUT2D eigenvalue weighted by Crippen LogP contribution is -2.61. The van der Waals surface area contributed by atoms with Gasteiger partial charge < -0.3 is 31.5 Å². The van der Waals surface area contributed by atoms with Gasteiger partial charge in [0.05, 0.1) is 12.1 Å². The molecule has 0 radical (unpaired) electrons. The van der Waals surface area contributed by atoms with Gasteiger partial charge in [-0.25, -0.2) is 4.79 Å². The zero-order valence-electron chi connectivity index (χ0n) is 28.0. The third-order valence-electron chi connectivity index (χ3n) is 9.64. The molecule has 4 atom stereocenters. The molecule has 0 spiro atoms. The molecule has 0 bridgehead atoms. The van der Waals surface area contributed by atoms with Crippen LogP contribution in [0.2, 0.25) is 0 Å². The molecule has 12 nitrogen and oxygen atoms in total. The van der Waals surface area contributed by atoms with Crippen LogP contribution in [0.15, 0.2) is 0 Å². The topological polar surface area (TPSA) is 171 Å². The molecule has 1 aliphatic carbocycles. The number of rotatable bonds is 15. The molecule has 0 aromatic heterocycles. The number of nitrogens with two attached hydrogens (primary N) is 1. The van der Waals surface area contributed by atoms with Gasteiger partial charge in [0.2, 0.25) is 23.5 Å². The molecular formula is C33H56N6O6. The Balaban J connectivity index is 1.65. The van der Waals surface area contributed by atoms with Gasteiger partial charge in [0.25, 0.3) is 5.91 Å². The van der Waals surface area contributed by atoms with E-state index in [0.29, 0.717) is 51.7 Å². The van der Waals surface area contributed by atoms with Crippen molar-refractivity contribution in [3.05, 3.63) is 0 Å². The minimum Gasteiger partial charge on any atom is -0.363 e. The SMILES string of the molecule is CC(C)[C@@H](CN1CCCCC1=O)NC(=O)N[C@H](C(=O)N1CCC[C@H]1C(=O)NC(CCCCC1CCC1)C(=O)C(N)=O)C(C)(C)C. The van der Waals surface area contributed by atoms with Crippen molar-refractivity contribution in [3.8, 4) is 0 Å². The number of hydrogen-bond donors (Lipinski definition) is 4. The van der Waals surface area contributed by atoms with E-state index < -0.39 is 47.2 Å². The van der Waals surface area contributed by atoms with Crippen molar-refractivity contribution >= 4 is 35.4 Å². The Morgan fingerprint density at radius 2 is 1.62 bits per heavy atom. The second-order valence-corrected chi connectivity index (χ2v) is 14.6. The Morgan fingerprint density at radius 3 is 2.20 bits per heavy atom. The van der Waals surface area contributed by atoms with Gasteiger partial charge >= 0.3 is 6.03 Å². The molecular weight excluding hydrogens is 576 g/mol.